The second-order valence-electron chi connectivity index (χ2n) is 5.24. The van der Waals surface area contributed by atoms with Crippen LogP contribution < -0.4 is 14.2 Å². The number of methoxy groups -OCH3 is 3. The van der Waals surface area contributed by atoms with Crippen LogP contribution >= 0.6 is 0 Å². The van der Waals surface area contributed by atoms with Gasteiger partial charge in [0.05, 0.1) is 38.3 Å². The second-order valence-corrected chi connectivity index (χ2v) is 7.08. The first-order valence-electron chi connectivity index (χ1n) is 7.65. The van der Waals surface area contributed by atoms with Crippen LogP contribution in [0.1, 0.15) is 16.1 Å². The van der Waals surface area contributed by atoms with Crippen LogP contribution in [-0.4, -0.2) is 46.5 Å². The Bertz CT molecular complexity index is 868. The minimum Gasteiger partial charge on any atom is -0.493 e. The topological polar surface area (TPSA) is 104 Å². The molecule has 0 bridgehead atoms. The molecule has 140 valence electrons. The Morgan fingerprint density at radius 3 is 2.38 bits per heavy atom. The first-order valence-corrected chi connectivity index (χ1v) is 9.30. The van der Waals surface area contributed by atoms with E-state index in [1.807, 2.05) is 0 Å². The first-order chi connectivity index (χ1) is 12.4. The van der Waals surface area contributed by atoms with Gasteiger partial charge in [0.25, 0.3) is 0 Å². The van der Waals surface area contributed by atoms with Crippen molar-refractivity contribution < 1.29 is 27.4 Å². The van der Waals surface area contributed by atoms with Crippen LogP contribution in [-0.2, 0) is 21.2 Å². The number of nitrogens with one attached hydrogen (secondary N) is 1. The van der Waals surface area contributed by atoms with Gasteiger partial charge in [-0.1, -0.05) is 6.07 Å². The van der Waals surface area contributed by atoms with Gasteiger partial charge in [-0.2, -0.15) is 0 Å². The molecule has 2 rings (SSSR count). The van der Waals surface area contributed by atoms with Gasteiger partial charge in [-0.3, -0.25) is 9.71 Å². The van der Waals surface area contributed by atoms with Crippen molar-refractivity contribution in [3.63, 3.8) is 0 Å². The molecule has 8 nitrogen and oxygen atoms in total. The summed E-state index contributed by atoms with van der Waals surface area (Å²) in [6.07, 6.45) is 1.83. The predicted molar refractivity (Wildman–Crippen MR) is 96.2 cm³/mol. The Morgan fingerprint density at radius 1 is 1.12 bits per heavy atom. The molecule has 1 aromatic heterocycles. The molecule has 0 spiro atoms. The number of pyridine rings is 1. The highest BCUT2D eigenvalue weighted by molar-refractivity contribution is 7.92. The number of aryl methyl sites for hydroxylation is 1. The summed E-state index contributed by atoms with van der Waals surface area (Å²) in [5, 5.41) is 0. The Morgan fingerprint density at radius 2 is 1.81 bits per heavy atom. The van der Waals surface area contributed by atoms with Gasteiger partial charge >= 0.3 is 5.97 Å². The molecule has 0 aliphatic carbocycles. The highest BCUT2D eigenvalue weighted by atomic mass is 32.2. The molecular weight excluding hydrogens is 360 g/mol. The van der Waals surface area contributed by atoms with Gasteiger partial charge in [-0.25, -0.2) is 13.2 Å². The van der Waals surface area contributed by atoms with Gasteiger partial charge in [0.2, 0.25) is 10.0 Å². The van der Waals surface area contributed by atoms with E-state index in [0.717, 1.165) is 0 Å². The van der Waals surface area contributed by atoms with Gasteiger partial charge in [0.1, 0.15) is 0 Å². The molecule has 9 heteroatoms. The zero-order chi connectivity index (χ0) is 19.2. The smallest absolute Gasteiger partial charge is 0.340 e. The number of aromatic nitrogens is 1. The van der Waals surface area contributed by atoms with Crippen LogP contribution in [0.25, 0.3) is 0 Å². The van der Waals surface area contributed by atoms with Crippen molar-refractivity contribution in [1.82, 2.24) is 4.98 Å². The molecule has 0 saturated carbocycles. The van der Waals surface area contributed by atoms with Crippen molar-refractivity contribution in [1.29, 1.82) is 0 Å². The van der Waals surface area contributed by atoms with Crippen LogP contribution in [0.2, 0.25) is 0 Å². The molecule has 0 amide bonds. The van der Waals surface area contributed by atoms with Crippen molar-refractivity contribution in [2.75, 3.05) is 31.8 Å². The molecule has 0 atom stereocenters. The summed E-state index contributed by atoms with van der Waals surface area (Å²) in [6, 6.07) is 8.02. The number of carbonyl (C=O) groups excluding carboxylic acids is 1. The average molecular weight is 380 g/mol. The maximum atomic E-state index is 12.4. The third-order valence-electron chi connectivity index (χ3n) is 3.55. The third kappa shape index (κ3) is 4.85. The highest BCUT2D eigenvalue weighted by Crippen LogP contribution is 2.34. The predicted octanol–water partition coefficient (Wildman–Crippen LogP) is 1.87. The minimum absolute atomic E-state index is 0.0200. The van der Waals surface area contributed by atoms with E-state index >= 15 is 0 Å². The Hall–Kier alpha value is -2.81. The zero-order valence-electron chi connectivity index (χ0n) is 14.7. The maximum Gasteiger partial charge on any atom is 0.340 e. The lowest BCUT2D eigenvalue weighted by atomic mass is 10.1. The van der Waals surface area contributed by atoms with Crippen LogP contribution in [0.5, 0.6) is 11.5 Å². The van der Waals surface area contributed by atoms with Crippen molar-refractivity contribution in [2.24, 2.45) is 0 Å². The molecule has 0 unspecified atom stereocenters. The van der Waals surface area contributed by atoms with E-state index in [9.17, 15) is 13.2 Å². The average Bonchev–Trinajstić information content (AvgIpc) is 2.66. The Labute approximate surface area is 152 Å². The molecule has 0 fully saturated rings. The fourth-order valence-electron chi connectivity index (χ4n) is 2.25. The minimum atomic E-state index is -3.74. The lowest BCUT2D eigenvalue weighted by Gasteiger charge is -2.15. The van der Waals surface area contributed by atoms with Crippen molar-refractivity contribution in [2.45, 2.75) is 6.42 Å². The SMILES string of the molecule is COC(=O)c1cc(OC)c(OC)cc1NS(=O)(=O)CCc1ccccn1. The van der Waals surface area contributed by atoms with E-state index in [1.54, 1.807) is 24.4 Å². The number of hydrogen-bond acceptors (Lipinski definition) is 7. The number of nitrogens with zero attached hydrogens (tertiary/aromatic N) is 1. The number of sulfonamides is 1. The summed E-state index contributed by atoms with van der Waals surface area (Å²) >= 11 is 0. The van der Waals surface area contributed by atoms with E-state index in [0.29, 0.717) is 5.69 Å². The summed E-state index contributed by atoms with van der Waals surface area (Å²) < 4.78 is 42.3. The van der Waals surface area contributed by atoms with E-state index in [4.69, 9.17) is 14.2 Å². The quantitative estimate of drug-likeness (QED) is 0.697. The van der Waals surface area contributed by atoms with Gasteiger partial charge in [-0.05, 0) is 12.1 Å². The first kappa shape index (κ1) is 19.5. The molecule has 2 aromatic rings. The molecule has 1 heterocycles. The molecule has 0 aliphatic heterocycles. The largest absolute Gasteiger partial charge is 0.493 e. The standard InChI is InChI=1S/C17H20N2O6S/c1-23-15-10-13(17(20)25-3)14(11-16(15)24-2)19-26(21,22)9-7-12-6-4-5-8-18-12/h4-6,8,10-11,19H,7,9H2,1-3H3. The number of hydrogen-bond donors (Lipinski definition) is 1. The lowest BCUT2D eigenvalue weighted by molar-refractivity contribution is 0.0601. The number of rotatable bonds is 8. The van der Waals surface area contributed by atoms with E-state index < -0.39 is 16.0 Å². The molecule has 1 aromatic carbocycles. The summed E-state index contributed by atoms with van der Waals surface area (Å²) in [7, 11) is 0.295. The van der Waals surface area contributed by atoms with Crippen LogP contribution in [0.4, 0.5) is 5.69 Å². The van der Waals surface area contributed by atoms with E-state index in [-0.39, 0.29) is 34.9 Å². The fourth-order valence-corrected chi connectivity index (χ4v) is 3.33. The van der Waals surface area contributed by atoms with Gasteiger partial charge < -0.3 is 14.2 Å². The van der Waals surface area contributed by atoms with Crippen molar-refractivity contribution in [3.8, 4) is 11.5 Å². The van der Waals surface area contributed by atoms with Gasteiger partial charge in [-0.15, -0.1) is 0 Å². The van der Waals surface area contributed by atoms with E-state index in [2.05, 4.69) is 9.71 Å². The number of carbonyl (C=O) groups is 1. The molecule has 26 heavy (non-hydrogen) atoms. The monoisotopic (exact) mass is 380 g/mol. The molecule has 0 aliphatic rings. The summed E-state index contributed by atoms with van der Waals surface area (Å²) in [5.74, 6) is -0.334. The van der Waals surface area contributed by atoms with Gasteiger partial charge in [0.15, 0.2) is 11.5 Å². The summed E-state index contributed by atoms with van der Waals surface area (Å²) in [4.78, 5) is 16.1. The maximum absolute atomic E-state index is 12.4. The number of benzene rings is 1. The number of ether oxygens (including phenoxy) is 3. The normalized spacial score (nSPS) is 10.9. The number of anilines is 1. The molecular formula is C17H20N2O6S. The van der Waals surface area contributed by atoms with Crippen LogP contribution in [0.15, 0.2) is 36.5 Å². The summed E-state index contributed by atoms with van der Waals surface area (Å²) in [5.41, 5.74) is 0.723. The van der Waals surface area contributed by atoms with Gasteiger partial charge in [0, 0.05) is 30.4 Å². The van der Waals surface area contributed by atoms with Crippen LogP contribution in [0.3, 0.4) is 0 Å². The lowest BCUT2D eigenvalue weighted by Crippen LogP contribution is -2.20. The second kappa shape index (κ2) is 8.52. The third-order valence-corrected chi connectivity index (χ3v) is 4.82. The van der Waals surface area contributed by atoms with Crippen molar-refractivity contribution in [3.05, 3.63) is 47.8 Å². The molecule has 0 saturated heterocycles. The molecule has 1 N–H and O–H groups in total. The number of esters is 1. The zero-order valence-corrected chi connectivity index (χ0v) is 15.5. The highest BCUT2D eigenvalue weighted by Gasteiger charge is 2.21. The Balaban J connectivity index is 2.29. The summed E-state index contributed by atoms with van der Waals surface area (Å²) in [6.45, 7) is 0. The fraction of sp³-hybridized carbons (Fsp3) is 0.294. The Kier molecular flexibility index (Phi) is 6.40. The van der Waals surface area contributed by atoms with Crippen LogP contribution in [0, 0.1) is 0 Å². The van der Waals surface area contributed by atoms with Crippen molar-refractivity contribution >= 4 is 21.7 Å². The molecule has 0 radical (unpaired) electrons. The van der Waals surface area contributed by atoms with E-state index in [1.165, 1.54) is 33.5 Å².